The van der Waals surface area contributed by atoms with Gasteiger partial charge in [0.15, 0.2) is 11.2 Å². The Morgan fingerprint density at radius 1 is 0.577 bits per heavy atom. The van der Waals surface area contributed by atoms with Gasteiger partial charge in [0, 0.05) is 45.7 Å². The first kappa shape index (κ1) is 52.6. The van der Waals surface area contributed by atoms with Crippen molar-refractivity contribution in [3.8, 4) is 34.8 Å². The predicted molar refractivity (Wildman–Crippen MR) is 241 cm³/mol. The number of aryl methyl sites for hydroxylation is 2. The number of hydrogen-bond donors (Lipinski definition) is 0. The summed E-state index contributed by atoms with van der Waals surface area (Å²) in [4.78, 5) is 57.6. The number of fused-ring (bicyclic) bond motifs is 2. The van der Waals surface area contributed by atoms with Gasteiger partial charge in [-0.1, -0.05) is 70.0 Å². The third-order valence-corrected chi connectivity index (χ3v) is 10.5. The number of aliphatic imine (C=N–C) groups is 1. The van der Waals surface area contributed by atoms with E-state index in [1.165, 1.54) is 84.8 Å². The molecule has 1 aliphatic rings. The van der Waals surface area contributed by atoms with Gasteiger partial charge in [-0.15, -0.1) is 39.5 Å². The highest BCUT2D eigenvalue weighted by atomic mass is 79.9. The number of aromatic nitrogens is 6. The van der Waals surface area contributed by atoms with E-state index in [0.29, 0.717) is 0 Å². The molecule has 0 saturated heterocycles. The number of halogens is 10. The molecule has 1 aliphatic heterocycles. The fourth-order valence-electron chi connectivity index (χ4n) is 6.75. The highest BCUT2D eigenvalue weighted by Gasteiger charge is 2.33. The van der Waals surface area contributed by atoms with Crippen LogP contribution in [-0.4, -0.2) is 52.8 Å². The minimum absolute atomic E-state index is 0.0283. The molecule has 0 bridgehead atoms. The normalized spacial score (nSPS) is 12.2. The van der Waals surface area contributed by atoms with Crippen LogP contribution < -0.4 is 46.2 Å². The Kier molecular flexibility index (Phi) is 15.6. The number of rotatable bonds is 9. The van der Waals surface area contributed by atoms with Gasteiger partial charge < -0.3 is 23.7 Å². The maximum atomic E-state index is 13.0. The van der Waals surface area contributed by atoms with Crippen molar-refractivity contribution in [3.05, 3.63) is 161 Å². The molecule has 71 heavy (non-hydrogen) atoms. The van der Waals surface area contributed by atoms with Crippen LogP contribution in [0.5, 0.6) is 34.8 Å². The van der Waals surface area contributed by atoms with Crippen molar-refractivity contribution >= 4 is 38.8 Å². The molecule has 7 aromatic rings. The zero-order valence-corrected chi connectivity index (χ0v) is 39.0. The lowest BCUT2D eigenvalue weighted by Crippen LogP contribution is -2.38. The van der Waals surface area contributed by atoms with E-state index < -0.39 is 58.8 Å². The summed E-state index contributed by atoms with van der Waals surface area (Å²) >= 11 is 3.39. The quantitative estimate of drug-likeness (QED) is 0.101. The SMILES string of the molecule is Cc1cccc(CBr)c1.Cn1c(=O)c2c(nc(Oc3cccc(OC(F)(F)F)c3)n2Cc2cccc(OC(F)(F)F)c2)n(C)c1=O.Cn1c2c(c(=O)n(C)c1=O)CC(Oc1cccc(OC(F)(F)F)c1)=N2. The van der Waals surface area contributed by atoms with Gasteiger partial charge >= 0.3 is 36.5 Å². The van der Waals surface area contributed by atoms with Crippen molar-refractivity contribution in [2.24, 2.45) is 33.2 Å². The van der Waals surface area contributed by atoms with E-state index in [2.05, 4.69) is 71.3 Å². The van der Waals surface area contributed by atoms with Gasteiger partial charge in [0.05, 0.1) is 18.5 Å². The molecular weight excluding hydrogens is 1030 g/mol. The number of imidazole rings is 1. The lowest BCUT2D eigenvalue weighted by molar-refractivity contribution is -0.275. The van der Waals surface area contributed by atoms with Crippen LogP contribution in [0.1, 0.15) is 22.3 Å². The minimum Gasteiger partial charge on any atom is -0.442 e. The topological polar surface area (TPSA) is 164 Å². The lowest BCUT2D eigenvalue weighted by Gasteiger charge is -2.13. The first-order chi connectivity index (χ1) is 33.2. The Labute approximate surface area is 402 Å². The van der Waals surface area contributed by atoms with Gasteiger partial charge in [-0.25, -0.2) is 9.59 Å². The van der Waals surface area contributed by atoms with E-state index in [9.17, 15) is 58.7 Å². The van der Waals surface area contributed by atoms with Crippen molar-refractivity contribution in [3.63, 3.8) is 0 Å². The fraction of sp³-hybridized carbons (Fsp3) is 0.244. The molecule has 4 heterocycles. The largest absolute Gasteiger partial charge is 0.573 e. The smallest absolute Gasteiger partial charge is 0.442 e. The maximum absolute atomic E-state index is 13.0. The van der Waals surface area contributed by atoms with E-state index in [1.54, 1.807) is 0 Å². The summed E-state index contributed by atoms with van der Waals surface area (Å²) in [6, 6.07) is 22.4. The molecule has 0 spiro atoms. The Bertz CT molecular complexity index is 3380. The van der Waals surface area contributed by atoms with Crippen molar-refractivity contribution < 1.29 is 63.2 Å². The summed E-state index contributed by atoms with van der Waals surface area (Å²) in [6.07, 6.45) is -14.7. The number of ether oxygens (including phenoxy) is 5. The Morgan fingerprint density at radius 2 is 1.06 bits per heavy atom. The first-order valence-corrected chi connectivity index (χ1v) is 21.4. The van der Waals surface area contributed by atoms with E-state index in [4.69, 9.17) is 9.47 Å². The van der Waals surface area contributed by atoms with E-state index in [1.807, 2.05) is 0 Å². The van der Waals surface area contributed by atoms with E-state index in [-0.39, 0.29) is 64.5 Å². The molecule has 26 heteroatoms. The number of hydrogen-bond acceptors (Lipinski definition) is 11. The average Bonchev–Trinajstić information content (AvgIpc) is 3.86. The number of benzene rings is 4. The summed E-state index contributed by atoms with van der Waals surface area (Å²) in [5.41, 5.74) is 0.411. The van der Waals surface area contributed by atoms with Gasteiger partial charge in [-0.05, 0) is 54.4 Å². The fourth-order valence-corrected chi connectivity index (χ4v) is 7.10. The van der Waals surface area contributed by atoms with E-state index >= 15 is 0 Å². The minimum atomic E-state index is -4.96. The molecule has 3 aromatic heterocycles. The van der Waals surface area contributed by atoms with Gasteiger partial charge in [0.1, 0.15) is 34.6 Å². The molecule has 0 radical (unpaired) electrons. The Hall–Kier alpha value is -7.77. The first-order valence-electron chi connectivity index (χ1n) is 20.3. The molecule has 8 rings (SSSR count). The highest BCUT2D eigenvalue weighted by molar-refractivity contribution is 9.08. The third kappa shape index (κ3) is 13.5. The second kappa shape index (κ2) is 21.1. The van der Waals surface area contributed by atoms with Gasteiger partial charge in [0.2, 0.25) is 5.90 Å². The van der Waals surface area contributed by atoms with Crippen LogP contribution in [-0.2, 0) is 46.5 Å². The molecule has 0 fully saturated rings. The molecule has 0 amide bonds. The summed E-state index contributed by atoms with van der Waals surface area (Å²) in [5, 5.41) is 0.953. The molecule has 4 aromatic carbocycles. The maximum Gasteiger partial charge on any atom is 0.573 e. The molecule has 0 unspecified atom stereocenters. The van der Waals surface area contributed by atoms with Crippen LogP contribution in [0.25, 0.3) is 11.2 Å². The van der Waals surface area contributed by atoms with Crippen LogP contribution in [0.3, 0.4) is 0 Å². The molecule has 0 atom stereocenters. The Balaban J connectivity index is 0.000000207. The van der Waals surface area contributed by atoms with Crippen LogP contribution in [0.4, 0.5) is 45.3 Å². The van der Waals surface area contributed by atoms with Crippen molar-refractivity contribution in [2.75, 3.05) is 0 Å². The monoisotopic (exact) mass is 1070 g/mol. The molecule has 16 nitrogen and oxygen atoms in total. The van der Waals surface area contributed by atoms with Crippen LogP contribution in [0.2, 0.25) is 0 Å². The predicted octanol–water partition coefficient (Wildman–Crippen LogP) is 8.61. The zero-order valence-electron chi connectivity index (χ0n) is 37.4. The highest BCUT2D eigenvalue weighted by Crippen LogP contribution is 2.32. The van der Waals surface area contributed by atoms with Gasteiger partial charge in [0.25, 0.3) is 11.1 Å². The summed E-state index contributed by atoms with van der Waals surface area (Å²) in [7, 11) is 5.37. The summed E-state index contributed by atoms with van der Waals surface area (Å²) in [5.74, 6) is -1.38. The average molecular weight is 1070 g/mol. The summed E-state index contributed by atoms with van der Waals surface area (Å²) < 4.78 is 141. The molecule has 0 aliphatic carbocycles. The summed E-state index contributed by atoms with van der Waals surface area (Å²) in [6.45, 7) is 1.83. The zero-order chi connectivity index (χ0) is 52.2. The molecule has 0 N–H and O–H groups in total. The Morgan fingerprint density at radius 3 is 1.59 bits per heavy atom. The lowest BCUT2D eigenvalue weighted by atomic mass is 10.2. The van der Waals surface area contributed by atoms with E-state index in [0.717, 1.165) is 55.4 Å². The van der Waals surface area contributed by atoms with Crippen molar-refractivity contribution in [1.29, 1.82) is 0 Å². The second-order valence-electron chi connectivity index (χ2n) is 15.1. The van der Waals surface area contributed by atoms with Crippen LogP contribution in [0, 0.1) is 6.92 Å². The number of nitrogens with zero attached hydrogens (tertiary/aromatic N) is 7. The molecule has 0 saturated carbocycles. The second-order valence-corrected chi connectivity index (χ2v) is 15.7. The van der Waals surface area contributed by atoms with Gasteiger partial charge in [-0.2, -0.15) is 9.98 Å². The number of alkyl halides is 10. The molecular formula is C45H37BrF9N7O9. The van der Waals surface area contributed by atoms with Crippen LogP contribution >= 0.6 is 15.9 Å². The standard InChI is InChI=1S/C22H16F6N4O5.C15H12F3N3O4.C8H9Br/c1-30-17-16(18(33)31(2)20(30)34)32(11-12-5-3-7-14(9-12)36-21(23,24)25)19(29-17)35-13-6-4-8-15(10-13)37-22(26,27)28;1-20-12-10(13(22)21(2)14(20)23)7-11(19-12)24-8-4-3-5-9(6-8)25-15(16,17)18;1-7-3-2-4-8(5-7)6-9/h3-10H,11H2,1-2H3;3-6H,7H2,1-2H3;2-5H,6H2,1H3. The molecule has 376 valence electrons. The van der Waals surface area contributed by atoms with Crippen molar-refractivity contribution in [1.82, 2.24) is 27.8 Å². The van der Waals surface area contributed by atoms with Crippen molar-refractivity contribution in [2.45, 2.75) is 44.3 Å². The third-order valence-electron chi connectivity index (χ3n) is 9.83. The van der Waals surface area contributed by atoms with Gasteiger partial charge in [-0.3, -0.25) is 32.4 Å². The van der Waals surface area contributed by atoms with Crippen LogP contribution in [0.15, 0.2) is 121 Å².